The van der Waals surface area contributed by atoms with Crippen LogP contribution < -0.4 is 5.32 Å². The number of hydrogen-bond donors (Lipinski definition) is 1. The van der Waals surface area contributed by atoms with Gasteiger partial charge in [-0.15, -0.1) is 0 Å². The van der Waals surface area contributed by atoms with Crippen molar-refractivity contribution >= 4 is 35.0 Å². The summed E-state index contributed by atoms with van der Waals surface area (Å²) >= 11 is 11.6. The quantitative estimate of drug-likeness (QED) is 0.843. The standard InChI is InChI=1S/C14H19Cl2N3O2/c1-8(2)5-11(14(21)19(3)4)18-13(20)9-6-10(15)12(16)17-7-9/h6-8,11H,5H2,1-4H3,(H,18,20). The van der Waals surface area contributed by atoms with Crippen molar-refractivity contribution in [2.75, 3.05) is 14.1 Å². The highest BCUT2D eigenvalue weighted by Crippen LogP contribution is 2.19. The minimum absolute atomic E-state index is 0.135. The summed E-state index contributed by atoms with van der Waals surface area (Å²) in [5.74, 6) is -0.280. The van der Waals surface area contributed by atoms with Crippen LogP contribution in [0.2, 0.25) is 10.2 Å². The normalized spacial score (nSPS) is 12.1. The van der Waals surface area contributed by atoms with Gasteiger partial charge in [0, 0.05) is 20.3 Å². The summed E-state index contributed by atoms with van der Waals surface area (Å²) in [5, 5.41) is 3.05. The molecule has 116 valence electrons. The van der Waals surface area contributed by atoms with E-state index in [0.29, 0.717) is 6.42 Å². The summed E-state index contributed by atoms with van der Waals surface area (Å²) in [6, 6.07) is 0.848. The highest BCUT2D eigenvalue weighted by Gasteiger charge is 2.24. The number of carbonyl (C=O) groups is 2. The summed E-state index contributed by atoms with van der Waals surface area (Å²) in [4.78, 5) is 29.6. The van der Waals surface area contributed by atoms with Crippen LogP contribution in [0.15, 0.2) is 12.3 Å². The van der Waals surface area contributed by atoms with E-state index in [1.807, 2.05) is 13.8 Å². The molecule has 1 aromatic heterocycles. The van der Waals surface area contributed by atoms with E-state index in [0.717, 1.165) is 0 Å². The van der Waals surface area contributed by atoms with Crippen LogP contribution in [0.5, 0.6) is 0 Å². The third-order valence-corrected chi connectivity index (χ3v) is 3.50. The predicted molar refractivity (Wildman–Crippen MR) is 83.7 cm³/mol. The highest BCUT2D eigenvalue weighted by molar-refractivity contribution is 6.41. The van der Waals surface area contributed by atoms with E-state index < -0.39 is 11.9 Å². The molecule has 1 aromatic rings. The van der Waals surface area contributed by atoms with Gasteiger partial charge in [0.1, 0.15) is 11.2 Å². The fourth-order valence-electron chi connectivity index (χ4n) is 1.79. The molecule has 1 atom stereocenters. The first-order valence-electron chi connectivity index (χ1n) is 6.55. The van der Waals surface area contributed by atoms with Crippen molar-refractivity contribution in [3.05, 3.63) is 28.0 Å². The monoisotopic (exact) mass is 331 g/mol. The van der Waals surface area contributed by atoms with Gasteiger partial charge in [-0.25, -0.2) is 4.98 Å². The molecule has 1 heterocycles. The first kappa shape index (κ1) is 17.7. The molecule has 0 saturated heterocycles. The molecule has 0 aromatic carbocycles. The Labute approximate surface area is 134 Å². The van der Waals surface area contributed by atoms with Gasteiger partial charge in [-0.2, -0.15) is 0 Å². The summed E-state index contributed by atoms with van der Waals surface area (Å²) in [6.45, 7) is 3.98. The molecule has 5 nitrogen and oxygen atoms in total. The van der Waals surface area contributed by atoms with E-state index in [1.54, 1.807) is 14.1 Å². The van der Waals surface area contributed by atoms with E-state index >= 15 is 0 Å². The van der Waals surface area contributed by atoms with Gasteiger partial charge < -0.3 is 10.2 Å². The predicted octanol–water partition coefficient (Wildman–Crippen LogP) is 2.62. The molecule has 0 radical (unpaired) electrons. The molecule has 2 amide bonds. The highest BCUT2D eigenvalue weighted by atomic mass is 35.5. The molecule has 0 spiro atoms. The van der Waals surface area contributed by atoms with E-state index in [4.69, 9.17) is 23.2 Å². The van der Waals surface area contributed by atoms with Gasteiger partial charge in [0.2, 0.25) is 5.91 Å². The Kier molecular flexibility index (Phi) is 6.42. The molecule has 7 heteroatoms. The lowest BCUT2D eigenvalue weighted by Crippen LogP contribution is -2.46. The van der Waals surface area contributed by atoms with Crippen LogP contribution in [0.25, 0.3) is 0 Å². The molecular formula is C14H19Cl2N3O2. The lowest BCUT2D eigenvalue weighted by atomic mass is 10.0. The largest absolute Gasteiger partial charge is 0.347 e. The summed E-state index contributed by atoms with van der Waals surface area (Å²) in [5.41, 5.74) is 0.268. The van der Waals surface area contributed by atoms with Crippen LogP contribution in [-0.2, 0) is 4.79 Å². The number of nitrogens with one attached hydrogen (secondary N) is 1. The molecule has 0 bridgehead atoms. The van der Waals surface area contributed by atoms with Crippen LogP contribution in [0.1, 0.15) is 30.6 Å². The van der Waals surface area contributed by atoms with Gasteiger partial charge in [0.25, 0.3) is 5.91 Å². The minimum atomic E-state index is -0.582. The molecule has 1 rings (SSSR count). The number of hydrogen-bond acceptors (Lipinski definition) is 3. The summed E-state index contributed by atoms with van der Waals surface area (Å²) in [6.07, 6.45) is 1.88. The molecule has 21 heavy (non-hydrogen) atoms. The number of amides is 2. The van der Waals surface area contributed by atoms with E-state index in [-0.39, 0.29) is 27.6 Å². The van der Waals surface area contributed by atoms with Gasteiger partial charge >= 0.3 is 0 Å². The van der Waals surface area contributed by atoms with Crippen molar-refractivity contribution in [3.8, 4) is 0 Å². The van der Waals surface area contributed by atoms with Crippen molar-refractivity contribution in [2.24, 2.45) is 5.92 Å². The maximum atomic E-state index is 12.2. The molecule has 0 aliphatic carbocycles. The zero-order chi connectivity index (χ0) is 16.2. The zero-order valence-electron chi connectivity index (χ0n) is 12.5. The Balaban J connectivity index is 2.89. The van der Waals surface area contributed by atoms with Gasteiger partial charge in [0.15, 0.2) is 0 Å². The topological polar surface area (TPSA) is 62.3 Å². The molecular weight excluding hydrogens is 313 g/mol. The average Bonchev–Trinajstić information content (AvgIpc) is 2.39. The van der Waals surface area contributed by atoms with Crippen molar-refractivity contribution in [2.45, 2.75) is 26.3 Å². The van der Waals surface area contributed by atoms with Crippen LogP contribution in [-0.4, -0.2) is 41.8 Å². The number of halogens is 2. The number of likely N-dealkylation sites (N-methyl/N-ethyl adjacent to an activating group) is 1. The van der Waals surface area contributed by atoms with E-state index in [1.165, 1.54) is 17.2 Å². The van der Waals surface area contributed by atoms with Crippen LogP contribution >= 0.6 is 23.2 Å². The van der Waals surface area contributed by atoms with Crippen molar-refractivity contribution in [1.82, 2.24) is 15.2 Å². The number of rotatable bonds is 5. The third-order valence-electron chi connectivity index (χ3n) is 2.81. The first-order chi connectivity index (χ1) is 9.72. The van der Waals surface area contributed by atoms with Crippen LogP contribution in [0.3, 0.4) is 0 Å². The average molecular weight is 332 g/mol. The number of aromatic nitrogens is 1. The Morgan fingerprint density at radius 2 is 1.95 bits per heavy atom. The number of pyridine rings is 1. The lowest BCUT2D eigenvalue weighted by Gasteiger charge is -2.23. The summed E-state index contributed by atoms with van der Waals surface area (Å²) < 4.78 is 0. The third kappa shape index (κ3) is 5.17. The molecule has 1 N–H and O–H groups in total. The van der Waals surface area contributed by atoms with E-state index in [2.05, 4.69) is 10.3 Å². The molecule has 0 fully saturated rings. The van der Waals surface area contributed by atoms with E-state index in [9.17, 15) is 9.59 Å². The van der Waals surface area contributed by atoms with Gasteiger partial charge in [-0.1, -0.05) is 37.0 Å². The molecule has 0 aliphatic rings. The second-order valence-electron chi connectivity index (χ2n) is 5.38. The maximum absolute atomic E-state index is 12.2. The number of carbonyl (C=O) groups excluding carboxylic acids is 2. The SMILES string of the molecule is CC(C)CC(NC(=O)c1cnc(Cl)c(Cl)c1)C(=O)N(C)C. The molecule has 0 saturated carbocycles. The summed E-state index contributed by atoms with van der Waals surface area (Å²) in [7, 11) is 3.31. The zero-order valence-corrected chi connectivity index (χ0v) is 14.0. The fraction of sp³-hybridized carbons (Fsp3) is 0.500. The fourth-order valence-corrected chi connectivity index (χ4v) is 2.06. The Morgan fingerprint density at radius 3 is 2.43 bits per heavy atom. The Bertz CT molecular complexity index is 533. The Morgan fingerprint density at radius 1 is 1.33 bits per heavy atom. The van der Waals surface area contributed by atoms with Crippen LogP contribution in [0.4, 0.5) is 0 Å². The minimum Gasteiger partial charge on any atom is -0.347 e. The second kappa shape index (κ2) is 7.61. The van der Waals surface area contributed by atoms with Crippen molar-refractivity contribution < 1.29 is 9.59 Å². The maximum Gasteiger partial charge on any atom is 0.253 e. The lowest BCUT2D eigenvalue weighted by molar-refractivity contribution is -0.131. The first-order valence-corrected chi connectivity index (χ1v) is 7.31. The second-order valence-corrected chi connectivity index (χ2v) is 6.15. The Hall–Kier alpha value is -1.33. The van der Waals surface area contributed by atoms with Crippen LogP contribution in [0, 0.1) is 5.92 Å². The molecule has 1 unspecified atom stereocenters. The van der Waals surface area contributed by atoms with Crippen molar-refractivity contribution in [3.63, 3.8) is 0 Å². The number of nitrogens with zero attached hydrogens (tertiary/aromatic N) is 2. The molecule has 0 aliphatic heterocycles. The van der Waals surface area contributed by atoms with Crippen molar-refractivity contribution in [1.29, 1.82) is 0 Å². The van der Waals surface area contributed by atoms with Gasteiger partial charge in [0.05, 0.1) is 10.6 Å². The van der Waals surface area contributed by atoms with Gasteiger partial charge in [-0.05, 0) is 18.4 Å². The smallest absolute Gasteiger partial charge is 0.253 e. The van der Waals surface area contributed by atoms with Gasteiger partial charge in [-0.3, -0.25) is 9.59 Å².